The Bertz CT molecular complexity index is 902. The number of hydrogen-bond donors (Lipinski definition) is 2. The van der Waals surface area contributed by atoms with Crippen molar-refractivity contribution < 1.29 is 9.21 Å². The van der Waals surface area contributed by atoms with Crippen LogP contribution in [0.15, 0.2) is 39.9 Å². The highest BCUT2D eigenvalue weighted by Gasteiger charge is 2.22. The Kier molecular flexibility index (Phi) is 9.63. The lowest BCUT2D eigenvalue weighted by Crippen LogP contribution is -2.52. The zero-order valence-electron chi connectivity index (χ0n) is 19.0. The Balaban J connectivity index is 0.00000363. The van der Waals surface area contributed by atoms with Crippen LogP contribution in [0.5, 0.6) is 0 Å². The molecule has 0 unspecified atom stereocenters. The van der Waals surface area contributed by atoms with E-state index >= 15 is 0 Å². The molecule has 0 bridgehead atoms. The molecule has 1 fully saturated rings. The zero-order valence-corrected chi connectivity index (χ0v) is 22.1. The predicted octanol–water partition coefficient (Wildman–Crippen LogP) is 3.26. The molecule has 32 heavy (non-hydrogen) atoms. The summed E-state index contributed by atoms with van der Waals surface area (Å²) in [4.78, 5) is 25.2. The van der Waals surface area contributed by atoms with Crippen molar-refractivity contribution in [2.45, 2.75) is 32.7 Å². The number of hydrogen-bond acceptors (Lipinski definition) is 5. The number of aliphatic imine (C=N–C) groups is 1. The van der Waals surface area contributed by atoms with Crippen LogP contribution in [0.3, 0.4) is 0 Å². The number of halogens is 2. The van der Waals surface area contributed by atoms with Gasteiger partial charge in [0.15, 0.2) is 5.96 Å². The number of anilines is 1. The summed E-state index contributed by atoms with van der Waals surface area (Å²) in [6.45, 7) is 9.75. The second kappa shape index (κ2) is 11.7. The molecule has 2 aromatic rings. The van der Waals surface area contributed by atoms with Gasteiger partial charge < -0.3 is 24.9 Å². The zero-order chi connectivity index (χ0) is 22.4. The van der Waals surface area contributed by atoms with Crippen LogP contribution in [0.1, 0.15) is 32.4 Å². The van der Waals surface area contributed by atoms with Crippen LogP contribution < -0.4 is 15.5 Å². The quantitative estimate of drug-likeness (QED) is 0.324. The van der Waals surface area contributed by atoms with Crippen LogP contribution in [-0.4, -0.2) is 61.5 Å². The summed E-state index contributed by atoms with van der Waals surface area (Å²) in [6, 6.07) is 7.79. The number of piperazine rings is 1. The van der Waals surface area contributed by atoms with Crippen molar-refractivity contribution in [1.82, 2.24) is 20.5 Å². The van der Waals surface area contributed by atoms with Gasteiger partial charge in [-0.25, -0.2) is 4.98 Å². The summed E-state index contributed by atoms with van der Waals surface area (Å²) in [7, 11) is 1.67. The van der Waals surface area contributed by atoms with Crippen LogP contribution in [0.4, 0.5) is 5.69 Å². The molecule has 1 saturated heterocycles. The van der Waals surface area contributed by atoms with Gasteiger partial charge in [-0.2, -0.15) is 0 Å². The van der Waals surface area contributed by atoms with Crippen LogP contribution in [0.2, 0.25) is 5.02 Å². The van der Waals surface area contributed by atoms with Crippen molar-refractivity contribution in [3.63, 3.8) is 0 Å². The van der Waals surface area contributed by atoms with Gasteiger partial charge in [0.05, 0.1) is 19.3 Å². The molecule has 0 saturated carbocycles. The Labute approximate surface area is 211 Å². The van der Waals surface area contributed by atoms with Crippen LogP contribution >= 0.6 is 35.6 Å². The molecule has 1 aromatic carbocycles. The number of aromatic nitrogens is 1. The third-order valence-electron chi connectivity index (χ3n) is 5.15. The summed E-state index contributed by atoms with van der Waals surface area (Å²) in [5, 5.41) is 6.93. The molecular formula is C22H32ClIN6O2. The largest absolute Gasteiger partial charge is 0.443 e. The van der Waals surface area contributed by atoms with Crippen molar-refractivity contribution in [3.05, 3.63) is 47.1 Å². The van der Waals surface area contributed by atoms with Gasteiger partial charge in [0.2, 0.25) is 11.8 Å². The fourth-order valence-corrected chi connectivity index (χ4v) is 3.38. The molecule has 2 N–H and O–H groups in total. The first kappa shape index (κ1) is 26.2. The van der Waals surface area contributed by atoms with Crippen molar-refractivity contribution in [3.8, 4) is 0 Å². The highest BCUT2D eigenvalue weighted by molar-refractivity contribution is 14.0. The number of guanidine groups is 1. The molecule has 2 heterocycles. The van der Waals surface area contributed by atoms with Gasteiger partial charge >= 0.3 is 0 Å². The summed E-state index contributed by atoms with van der Waals surface area (Å²) in [5.41, 5.74) is 1.04. The number of amides is 1. The Morgan fingerprint density at radius 1 is 1.16 bits per heavy atom. The lowest BCUT2D eigenvalue weighted by atomic mass is 9.94. The van der Waals surface area contributed by atoms with E-state index in [-0.39, 0.29) is 41.8 Å². The van der Waals surface area contributed by atoms with E-state index in [0.717, 1.165) is 29.6 Å². The fourth-order valence-electron chi connectivity index (χ4n) is 3.26. The van der Waals surface area contributed by atoms with Crippen LogP contribution in [0, 0.1) is 0 Å². The molecule has 1 aliphatic heterocycles. The Morgan fingerprint density at radius 3 is 2.38 bits per heavy atom. The fraction of sp³-hybridized carbons (Fsp3) is 0.500. The highest BCUT2D eigenvalue weighted by atomic mass is 127. The topological polar surface area (TPSA) is 86.0 Å². The van der Waals surface area contributed by atoms with E-state index in [0.29, 0.717) is 31.5 Å². The molecule has 1 amide bonds. The maximum atomic E-state index is 12.6. The van der Waals surface area contributed by atoms with E-state index in [1.54, 1.807) is 13.2 Å². The number of carbonyl (C=O) groups is 1. The van der Waals surface area contributed by atoms with E-state index < -0.39 is 0 Å². The molecule has 8 nitrogen and oxygen atoms in total. The molecule has 0 radical (unpaired) electrons. The number of benzene rings is 1. The number of rotatable bonds is 5. The van der Waals surface area contributed by atoms with E-state index in [1.807, 2.05) is 29.2 Å². The van der Waals surface area contributed by atoms with Gasteiger partial charge in [0.1, 0.15) is 5.76 Å². The average Bonchev–Trinajstić information content (AvgIpc) is 3.24. The molecule has 3 rings (SSSR count). The molecular weight excluding hydrogens is 543 g/mol. The normalized spacial score (nSPS) is 14.7. The molecule has 10 heteroatoms. The van der Waals surface area contributed by atoms with Crippen LogP contribution in [-0.2, 0) is 16.8 Å². The van der Waals surface area contributed by atoms with Gasteiger partial charge in [-0.05, 0) is 24.3 Å². The third kappa shape index (κ3) is 7.26. The maximum absolute atomic E-state index is 12.6. The Morgan fingerprint density at radius 2 is 1.81 bits per heavy atom. The van der Waals surface area contributed by atoms with Gasteiger partial charge in [-0.1, -0.05) is 32.4 Å². The second-order valence-corrected chi connectivity index (χ2v) is 8.93. The van der Waals surface area contributed by atoms with E-state index in [2.05, 4.69) is 46.3 Å². The smallest absolute Gasteiger partial charge is 0.242 e. The van der Waals surface area contributed by atoms with Crippen molar-refractivity contribution in [1.29, 1.82) is 0 Å². The molecule has 1 aromatic heterocycles. The van der Waals surface area contributed by atoms with Gasteiger partial charge in [-0.15, -0.1) is 24.0 Å². The molecule has 0 atom stereocenters. The summed E-state index contributed by atoms with van der Waals surface area (Å²) < 4.78 is 5.77. The standard InChI is InChI=1S/C22H31ClN6O2.HI/c1-22(2,3)18-13-25-19(31-18)14-26-21(24-4)27-15-20(30)29-11-9-28(10-12-29)17-7-5-16(23)6-8-17;/h5-8,13H,9-12,14-15H2,1-4H3,(H2,24,26,27);1H. The Hall–Kier alpha value is -2.01. The first-order valence-corrected chi connectivity index (χ1v) is 10.8. The van der Waals surface area contributed by atoms with Crippen molar-refractivity contribution >= 4 is 53.1 Å². The van der Waals surface area contributed by atoms with Crippen molar-refractivity contribution in [2.24, 2.45) is 4.99 Å². The van der Waals surface area contributed by atoms with Gasteiger partial charge in [0, 0.05) is 49.4 Å². The monoisotopic (exact) mass is 574 g/mol. The molecule has 176 valence electrons. The number of carbonyl (C=O) groups excluding carboxylic acids is 1. The van der Waals surface area contributed by atoms with Crippen molar-refractivity contribution in [2.75, 3.05) is 44.7 Å². The first-order chi connectivity index (χ1) is 14.8. The van der Waals surface area contributed by atoms with E-state index in [4.69, 9.17) is 16.0 Å². The number of oxazole rings is 1. The average molecular weight is 575 g/mol. The lowest BCUT2D eigenvalue weighted by molar-refractivity contribution is -0.130. The molecule has 0 aliphatic carbocycles. The molecule has 0 spiro atoms. The van der Waals surface area contributed by atoms with E-state index in [1.165, 1.54) is 0 Å². The minimum atomic E-state index is -0.0881. The highest BCUT2D eigenvalue weighted by Crippen LogP contribution is 2.22. The maximum Gasteiger partial charge on any atom is 0.242 e. The minimum Gasteiger partial charge on any atom is -0.443 e. The van der Waals surface area contributed by atoms with Gasteiger partial charge in [-0.3, -0.25) is 9.79 Å². The van der Waals surface area contributed by atoms with Gasteiger partial charge in [0.25, 0.3) is 0 Å². The number of nitrogens with one attached hydrogen (secondary N) is 2. The second-order valence-electron chi connectivity index (χ2n) is 8.49. The lowest BCUT2D eigenvalue weighted by Gasteiger charge is -2.36. The molecule has 1 aliphatic rings. The number of nitrogens with zero attached hydrogens (tertiary/aromatic N) is 4. The first-order valence-electron chi connectivity index (χ1n) is 10.4. The predicted molar refractivity (Wildman–Crippen MR) is 139 cm³/mol. The van der Waals surface area contributed by atoms with E-state index in [9.17, 15) is 4.79 Å². The minimum absolute atomic E-state index is 0. The SMILES string of the molecule is CN=C(NCC(=O)N1CCN(c2ccc(Cl)cc2)CC1)NCc1ncc(C(C)(C)C)o1.I. The summed E-state index contributed by atoms with van der Waals surface area (Å²) in [5.74, 6) is 1.99. The summed E-state index contributed by atoms with van der Waals surface area (Å²) >= 11 is 5.96. The van der Waals surface area contributed by atoms with Crippen LogP contribution in [0.25, 0.3) is 0 Å². The third-order valence-corrected chi connectivity index (χ3v) is 5.41. The summed E-state index contributed by atoms with van der Waals surface area (Å²) in [6.07, 6.45) is 1.75.